The van der Waals surface area contributed by atoms with Gasteiger partial charge < -0.3 is 14.8 Å². The van der Waals surface area contributed by atoms with Crippen LogP contribution in [0.25, 0.3) is 0 Å². The number of carboxylic acids is 1. The Morgan fingerprint density at radius 3 is 3.17 bits per heavy atom. The molecule has 1 aromatic rings. The highest BCUT2D eigenvalue weighted by Crippen LogP contribution is 2.24. The van der Waals surface area contributed by atoms with E-state index in [4.69, 9.17) is 9.84 Å². The van der Waals surface area contributed by atoms with Crippen molar-refractivity contribution < 1.29 is 14.6 Å². The first-order valence-electron chi connectivity index (χ1n) is 3.85. The van der Waals surface area contributed by atoms with Crippen molar-refractivity contribution in [3.05, 3.63) is 17.5 Å². The highest BCUT2D eigenvalue weighted by Gasteiger charge is 2.16. The van der Waals surface area contributed by atoms with Gasteiger partial charge in [-0.2, -0.15) is 0 Å². The van der Waals surface area contributed by atoms with Gasteiger partial charge in [0.25, 0.3) is 0 Å². The lowest BCUT2D eigenvalue weighted by Gasteiger charge is -2.11. The fourth-order valence-electron chi connectivity index (χ4n) is 1.34. The van der Waals surface area contributed by atoms with E-state index >= 15 is 0 Å². The Kier molecular flexibility index (Phi) is 1.53. The van der Waals surface area contributed by atoms with Gasteiger partial charge in [-0.15, -0.1) is 0 Å². The van der Waals surface area contributed by atoms with Gasteiger partial charge in [0, 0.05) is 6.07 Å². The lowest BCUT2D eigenvalue weighted by Crippen LogP contribution is -2.06. The molecule has 2 N–H and O–H groups in total. The molecule has 4 nitrogen and oxygen atoms in total. The van der Waals surface area contributed by atoms with Crippen molar-refractivity contribution >= 4 is 5.97 Å². The summed E-state index contributed by atoms with van der Waals surface area (Å²) in [6.45, 7) is 0.684. The minimum atomic E-state index is -0.937. The third-order valence-corrected chi connectivity index (χ3v) is 1.92. The minimum absolute atomic E-state index is 0.210. The molecule has 0 spiro atoms. The molecule has 0 fully saturated rings. The second-order valence-electron chi connectivity index (χ2n) is 2.78. The molecule has 0 unspecified atom stereocenters. The summed E-state index contributed by atoms with van der Waals surface area (Å²) in [5, 5.41) is 8.65. The van der Waals surface area contributed by atoms with Crippen LogP contribution >= 0.6 is 0 Å². The highest BCUT2D eigenvalue weighted by atomic mass is 16.5. The fourth-order valence-corrected chi connectivity index (χ4v) is 1.34. The molecule has 0 aromatic carbocycles. The maximum absolute atomic E-state index is 10.5. The summed E-state index contributed by atoms with van der Waals surface area (Å²) in [7, 11) is 0. The zero-order valence-corrected chi connectivity index (χ0v) is 6.46. The lowest BCUT2D eigenvalue weighted by atomic mass is 10.2. The molecule has 2 rings (SSSR count). The van der Waals surface area contributed by atoms with Crippen LogP contribution in [0.5, 0.6) is 5.75 Å². The molecule has 0 amide bonds. The number of aryl methyl sites for hydroxylation is 1. The van der Waals surface area contributed by atoms with Gasteiger partial charge in [-0.05, 0) is 12.8 Å². The number of aromatic amines is 1. The van der Waals surface area contributed by atoms with Crippen LogP contribution in [-0.2, 0) is 6.42 Å². The molecule has 1 aliphatic heterocycles. The van der Waals surface area contributed by atoms with Crippen molar-refractivity contribution in [3.8, 4) is 5.75 Å². The molecule has 0 saturated carbocycles. The van der Waals surface area contributed by atoms with Gasteiger partial charge >= 0.3 is 5.97 Å². The van der Waals surface area contributed by atoms with Crippen molar-refractivity contribution in [2.24, 2.45) is 0 Å². The molecule has 2 heterocycles. The van der Waals surface area contributed by atoms with Gasteiger partial charge in [0.2, 0.25) is 0 Å². The number of hydrogen-bond donors (Lipinski definition) is 2. The van der Waals surface area contributed by atoms with Gasteiger partial charge in [-0.1, -0.05) is 0 Å². The number of fused-ring (bicyclic) bond motifs is 1. The summed E-state index contributed by atoms with van der Waals surface area (Å²) < 4.78 is 5.26. The SMILES string of the molecule is O=C(O)c1cc2c([nH]1)CCCO2. The Morgan fingerprint density at radius 1 is 1.67 bits per heavy atom. The topological polar surface area (TPSA) is 62.3 Å². The van der Waals surface area contributed by atoms with E-state index in [1.54, 1.807) is 0 Å². The third kappa shape index (κ3) is 1.05. The van der Waals surface area contributed by atoms with E-state index in [1.807, 2.05) is 0 Å². The Hall–Kier alpha value is -1.45. The molecule has 12 heavy (non-hydrogen) atoms. The number of aromatic nitrogens is 1. The number of aromatic carboxylic acids is 1. The van der Waals surface area contributed by atoms with E-state index in [-0.39, 0.29) is 5.69 Å². The average molecular weight is 167 g/mol. The van der Waals surface area contributed by atoms with Gasteiger partial charge in [0.15, 0.2) is 0 Å². The van der Waals surface area contributed by atoms with Crippen LogP contribution < -0.4 is 4.74 Å². The molecule has 0 saturated heterocycles. The predicted octanol–water partition coefficient (Wildman–Crippen LogP) is 1.04. The molecular formula is C8H9NO3. The molecule has 0 aliphatic carbocycles. The van der Waals surface area contributed by atoms with Crippen LogP contribution in [0.3, 0.4) is 0 Å². The molecular weight excluding hydrogens is 158 g/mol. The maximum atomic E-state index is 10.5. The standard InChI is InChI=1S/C8H9NO3/c10-8(11)6-4-7-5(9-6)2-1-3-12-7/h4,9H,1-3H2,(H,10,11). The Balaban J connectivity index is 2.38. The van der Waals surface area contributed by atoms with Crippen molar-refractivity contribution in [1.29, 1.82) is 0 Å². The molecule has 0 bridgehead atoms. The normalized spacial score (nSPS) is 15.0. The monoisotopic (exact) mass is 167 g/mol. The summed E-state index contributed by atoms with van der Waals surface area (Å²) in [5.74, 6) is -0.244. The summed E-state index contributed by atoms with van der Waals surface area (Å²) in [4.78, 5) is 13.3. The maximum Gasteiger partial charge on any atom is 0.352 e. The van der Waals surface area contributed by atoms with Crippen molar-refractivity contribution in [3.63, 3.8) is 0 Å². The van der Waals surface area contributed by atoms with Gasteiger partial charge in [0.05, 0.1) is 12.3 Å². The second kappa shape index (κ2) is 2.55. The van der Waals surface area contributed by atoms with Gasteiger partial charge in [0.1, 0.15) is 11.4 Å². The number of nitrogens with one attached hydrogen (secondary N) is 1. The Bertz CT molecular complexity index is 293. The third-order valence-electron chi connectivity index (χ3n) is 1.92. The van der Waals surface area contributed by atoms with E-state index in [9.17, 15) is 4.79 Å². The minimum Gasteiger partial charge on any atom is -0.492 e. The van der Waals surface area contributed by atoms with Crippen LogP contribution in [0.15, 0.2) is 6.07 Å². The van der Waals surface area contributed by atoms with Crippen LogP contribution in [0.4, 0.5) is 0 Å². The Morgan fingerprint density at radius 2 is 2.50 bits per heavy atom. The van der Waals surface area contributed by atoms with Crippen LogP contribution in [0.2, 0.25) is 0 Å². The largest absolute Gasteiger partial charge is 0.492 e. The number of carbonyl (C=O) groups is 1. The van der Waals surface area contributed by atoms with E-state index in [2.05, 4.69) is 4.98 Å². The number of carboxylic acid groups (broad SMARTS) is 1. The zero-order valence-electron chi connectivity index (χ0n) is 6.46. The van der Waals surface area contributed by atoms with Crippen molar-refractivity contribution in [2.45, 2.75) is 12.8 Å². The van der Waals surface area contributed by atoms with E-state index < -0.39 is 5.97 Å². The number of H-pyrrole nitrogens is 1. The highest BCUT2D eigenvalue weighted by molar-refractivity contribution is 5.86. The van der Waals surface area contributed by atoms with Crippen molar-refractivity contribution in [1.82, 2.24) is 4.98 Å². The first-order chi connectivity index (χ1) is 5.77. The van der Waals surface area contributed by atoms with E-state index in [0.717, 1.165) is 18.5 Å². The van der Waals surface area contributed by atoms with Gasteiger partial charge in [-0.3, -0.25) is 0 Å². The predicted molar refractivity (Wildman–Crippen MR) is 41.6 cm³/mol. The quantitative estimate of drug-likeness (QED) is 0.656. The lowest BCUT2D eigenvalue weighted by molar-refractivity contribution is 0.0691. The number of rotatable bonds is 1. The number of ether oxygens (including phenoxy) is 1. The molecule has 0 radical (unpaired) electrons. The average Bonchev–Trinajstić information content (AvgIpc) is 2.46. The van der Waals surface area contributed by atoms with E-state index in [0.29, 0.717) is 12.4 Å². The second-order valence-corrected chi connectivity index (χ2v) is 2.78. The molecule has 1 aromatic heterocycles. The van der Waals surface area contributed by atoms with Crippen LogP contribution in [-0.4, -0.2) is 22.7 Å². The molecule has 4 heteroatoms. The number of hydrogen-bond acceptors (Lipinski definition) is 2. The van der Waals surface area contributed by atoms with Crippen LogP contribution in [0.1, 0.15) is 22.6 Å². The van der Waals surface area contributed by atoms with Gasteiger partial charge in [-0.25, -0.2) is 4.79 Å². The summed E-state index contributed by atoms with van der Waals surface area (Å²) in [6.07, 6.45) is 1.83. The molecule has 1 aliphatic rings. The summed E-state index contributed by atoms with van der Waals surface area (Å²) in [6, 6.07) is 1.54. The molecule has 64 valence electrons. The smallest absolute Gasteiger partial charge is 0.352 e. The Labute approximate surface area is 69.2 Å². The first kappa shape index (κ1) is 7.21. The summed E-state index contributed by atoms with van der Waals surface area (Å²) >= 11 is 0. The van der Waals surface area contributed by atoms with Crippen molar-refractivity contribution in [2.75, 3.05) is 6.61 Å². The van der Waals surface area contributed by atoms with E-state index in [1.165, 1.54) is 6.07 Å². The fraction of sp³-hybridized carbons (Fsp3) is 0.375. The molecule has 0 atom stereocenters. The van der Waals surface area contributed by atoms with Crippen LogP contribution in [0, 0.1) is 0 Å². The zero-order chi connectivity index (χ0) is 8.55. The first-order valence-corrected chi connectivity index (χ1v) is 3.85. The summed E-state index contributed by atoms with van der Waals surface area (Å²) in [5.41, 5.74) is 1.11.